The largest absolute Gasteiger partial charge is 0.329 e. The lowest BCUT2D eigenvalue weighted by Crippen LogP contribution is -2.36. The van der Waals surface area contributed by atoms with Crippen LogP contribution in [0, 0.1) is 0 Å². The van der Waals surface area contributed by atoms with Crippen LogP contribution in [-0.4, -0.2) is 28.2 Å². The molecular weight excluding hydrogens is 302 g/mol. The van der Waals surface area contributed by atoms with Gasteiger partial charge >= 0.3 is 0 Å². The zero-order chi connectivity index (χ0) is 15.9. The van der Waals surface area contributed by atoms with E-state index in [1.807, 2.05) is 12.1 Å². The summed E-state index contributed by atoms with van der Waals surface area (Å²) in [4.78, 5) is 29.1. The third-order valence-corrected chi connectivity index (χ3v) is 3.28. The highest BCUT2D eigenvalue weighted by molar-refractivity contribution is 6.30. The van der Waals surface area contributed by atoms with E-state index in [4.69, 9.17) is 11.6 Å². The van der Waals surface area contributed by atoms with Crippen molar-refractivity contribution in [2.75, 3.05) is 11.9 Å². The third kappa shape index (κ3) is 4.86. The van der Waals surface area contributed by atoms with Crippen molar-refractivity contribution in [3.8, 4) is 0 Å². The van der Waals surface area contributed by atoms with E-state index in [1.54, 1.807) is 36.7 Å². The Kier molecular flexibility index (Phi) is 5.49. The molecule has 2 amide bonds. The number of anilines is 1. The maximum Gasteiger partial charge on any atom is 0.244 e. The van der Waals surface area contributed by atoms with Crippen LogP contribution in [-0.2, 0) is 16.1 Å². The second kappa shape index (κ2) is 7.56. The number of aromatic nitrogens is 1. The summed E-state index contributed by atoms with van der Waals surface area (Å²) in [5, 5.41) is 3.33. The first-order valence-electron chi connectivity index (χ1n) is 6.74. The Labute approximate surface area is 133 Å². The van der Waals surface area contributed by atoms with Crippen molar-refractivity contribution in [3.05, 3.63) is 59.4 Å². The quantitative estimate of drug-likeness (QED) is 0.922. The molecule has 1 heterocycles. The molecule has 6 heteroatoms. The van der Waals surface area contributed by atoms with Gasteiger partial charge in [-0.15, -0.1) is 0 Å². The van der Waals surface area contributed by atoms with E-state index in [0.29, 0.717) is 17.3 Å². The Morgan fingerprint density at radius 3 is 2.36 bits per heavy atom. The molecule has 2 rings (SSSR count). The van der Waals surface area contributed by atoms with E-state index in [0.717, 1.165) is 5.56 Å². The van der Waals surface area contributed by atoms with Crippen LogP contribution in [0.15, 0.2) is 48.8 Å². The Morgan fingerprint density at radius 2 is 1.77 bits per heavy atom. The number of benzene rings is 1. The first kappa shape index (κ1) is 16.0. The van der Waals surface area contributed by atoms with E-state index in [1.165, 1.54) is 11.8 Å². The normalized spacial score (nSPS) is 10.1. The molecule has 0 radical (unpaired) electrons. The molecule has 1 N–H and O–H groups in total. The summed E-state index contributed by atoms with van der Waals surface area (Å²) in [7, 11) is 0. The number of rotatable bonds is 5. The number of carbonyl (C=O) groups excluding carboxylic acids is 2. The number of pyridine rings is 1. The van der Waals surface area contributed by atoms with Gasteiger partial charge in [0, 0.05) is 36.6 Å². The van der Waals surface area contributed by atoms with Crippen LogP contribution in [0.3, 0.4) is 0 Å². The third-order valence-electron chi connectivity index (χ3n) is 3.03. The Morgan fingerprint density at radius 1 is 1.14 bits per heavy atom. The first-order valence-corrected chi connectivity index (χ1v) is 7.12. The van der Waals surface area contributed by atoms with Crippen molar-refractivity contribution in [2.45, 2.75) is 13.5 Å². The fourth-order valence-corrected chi connectivity index (χ4v) is 2.02. The van der Waals surface area contributed by atoms with Crippen LogP contribution in [0.1, 0.15) is 12.5 Å². The number of amides is 2. The van der Waals surface area contributed by atoms with Crippen LogP contribution in [0.5, 0.6) is 0 Å². The summed E-state index contributed by atoms with van der Waals surface area (Å²) in [5.41, 5.74) is 1.56. The van der Waals surface area contributed by atoms with E-state index in [2.05, 4.69) is 10.3 Å². The van der Waals surface area contributed by atoms with Gasteiger partial charge in [0.2, 0.25) is 11.8 Å². The molecule has 0 spiro atoms. The van der Waals surface area contributed by atoms with Crippen LogP contribution in [0.4, 0.5) is 5.69 Å². The number of nitrogens with zero attached hydrogens (tertiary/aromatic N) is 2. The molecule has 1 aromatic carbocycles. The van der Waals surface area contributed by atoms with Crippen molar-refractivity contribution in [2.24, 2.45) is 0 Å². The highest BCUT2D eigenvalue weighted by atomic mass is 35.5. The smallest absolute Gasteiger partial charge is 0.244 e. The fraction of sp³-hybridized carbons (Fsp3) is 0.188. The molecule has 22 heavy (non-hydrogen) atoms. The lowest BCUT2D eigenvalue weighted by molar-refractivity contribution is -0.133. The predicted octanol–water partition coefficient (Wildman–Crippen LogP) is 2.72. The summed E-state index contributed by atoms with van der Waals surface area (Å²) in [5.74, 6) is -0.422. The monoisotopic (exact) mass is 317 g/mol. The van der Waals surface area contributed by atoms with Crippen LogP contribution >= 0.6 is 11.6 Å². The molecule has 0 fully saturated rings. The molecule has 0 atom stereocenters. The molecular formula is C16H16ClN3O2. The molecule has 0 saturated heterocycles. The minimum absolute atomic E-state index is 0.0136. The summed E-state index contributed by atoms with van der Waals surface area (Å²) >= 11 is 5.79. The zero-order valence-corrected chi connectivity index (χ0v) is 12.9. The summed E-state index contributed by atoms with van der Waals surface area (Å²) in [6.07, 6.45) is 3.31. The molecule has 0 aliphatic heterocycles. The zero-order valence-electron chi connectivity index (χ0n) is 12.1. The highest BCUT2D eigenvalue weighted by Gasteiger charge is 2.14. The van der Waals surface area contributed by atoms with E-state index >= 15 is 0 Å². The minimum atomic E-state index is -0.258. The number of hydrogen-bond acceptors (Lipinski definition) is 3. The lowest BCUT2D eigenvalue weighted by Gasteiger charge is -2.20. The summed E-state index contributed by atoms with van der Waals surface area (Å²) in [6.45, 7) is 1.79. The number of nitrogens with one attached hydrogen (secondary N) is 1. The maximum absolute atomic E-state index is 12.1. The molecule has 114 valence electrons. The van der Waals surface area contributed by atoms with Crippen LogP contribution in [0.2, 0.25) is 5.02 Å². The predicted molar refractivity (Wildman–Crippen MR) is 85.4 cm³/mol. The molecule has 5 nitrogen and oxygen atoms in total. The summed E-state index contributed by atoms with van der Waals surface area (Å²) in [6, 6.07) is 10.4. The van der Waals surface area contributed by atoms with Gasteiger partial charge in [-0.3, -0.25) is 14.6 Å². The maximum atomic E-state index is 12.1. The topological polar surface area (TPSA) is 62.3 Å². The second-order valence-corrected chi connectivity index (χ2v) is 5.22. The van der Waals surface area contributed by atoms with Gasteiger partial charge in [0.1, 0.15) is 6.54 Å². The van der Waals surface area contributed by atoms with Gasteiger partial charge < -0.3 is 10.2 Å². The Balaban J connectivity index is 1.97. The average molecular weight is 318 g/mol. The molecule has 0 saturated carbocycles. The Hall–Kier alpha value is -2.40. The van der Waals surface area contributed by atoms with Crippen molar-refractivity contribution in [1.82, 2.24) is 9.88 Å². The van der Waals surface area contributed by atoms with Gasteiger partial charge in [0.05, 0.1) is 0 Å². The van der Waals surface area contributed by atoms with Gasteiger partial charge in [0.15, 0.2) is 0 Å². The SMILES string of the molecule is CC(=O)N(CC(=O)Nc1ccc(Cl)cc1)Cc1ccncc1. The van der Waals surface area contributed by atoms with Gasteiger partial charge in [-0.1, -0.05) is 11.6 Å². The van der Waals surface area contributed by atoms with E-state index in [-0.39, 0.29) is 18.4 Å². The fourth-order valence-electron chi connectivity index (χ4n) is 1.89. The van der Waals surface area contributed by atoms with Gasteiger partial charge in [0.25, 0.3) is 0 Å². The van der Waals surface area contributed by atoms with Crippen molar-refractivity contribution < 1.29 is 9.59 Å². The van der Waals surface area contributed by atoms with Crippen molar-refractivity contribution in [1.29, 1.82) is 0 Å². The first-order chi connectivity index (χ1) is 10.5. The molecule has 1 aromatic heterocycles. The molecule has 2 aromatic rings. The minimum Gasteiger partial charge on any atom is -0.329 e. The number of halogens is 1. The van der Waals surface area contributed by atoms with E-state index < -0.39 is 0 Å². The van der Waals surface area contributed by atoms with Crippen molar-refractivity contribution in [3.63, 3.8) is 0 Å². The lowest BCUT2D eigenvalue weighted by atomic mass is 10.2. The van der Waals surface area contributed by atoms with Gasteiger partial charge in [-0.25, -0.2) is 0 Å². The van der Waals surface area contributed by atoms with Gasteiger partial charge in [-0.05, 0) is 42.0 Å². The standard InChI is InChI=1S/C16H16ClN3O2/c1-12(21)20(10-13-6-8-18-9-7-13)11-16(22)19-15-4-2-14(17)3-5-15/h2-9H,10-11H2,1H3,(H,19,22). The second-order valence-electron chi connectivity index (χ2n) is 4.79. The molecule has 0 aliphatic rings. The van der Waals surface area contributed by atoms with Crippen LogP contribution in [0.25, 0.3) is 0 Å². The average Bonchev–Trinajstić information content (AvgIpc) is 2.50. The van der Waals surface area contributed by atoms with Crippen LogP contribution < -0.4 is 5.32 Å². The Bertz CT molecular complexity index is 644. The van der Waals surface area contributed by atoms with Gasteiger partial charge in [-0.2, -0.15) is 0 Å². The molecule has 0 unspecified atom stereocenters. The molecule has 0 bridgehead atoms. The number of carbonyl (C=O) groups is 2. The van der Waals surface area contributed by atoms with Crippen molar-refractivity contribution >= 4 is 29.1 Å². The van der Waals surface area contributed by atoms with E-state index in [9.17, 15) is 9.59 Å². The number of hydrogen-bond donors (Lipinski definition) is 1. The summed E-state index contributed by atoms with van der Waals surface area (Å²) < 4.78 is 0. The highest BCUT2D eigenvalue weighted by Crippen LogP contribution is 2.13. The molecule has 0 aliphatic carbocycles.